The highest BCUT2D eigenvalue weighted by Gasteiger charge is 2.26. The van der Waals surface area contributed by atoms with Crippen molar-refractivity contribution in [1.82, 2.24) is 15.0 Å². The van der Waals surface area contributed by atoms with Crippen LogP contribution in [0.2, 0.25) is 0 Å². The molecule has 0 amide bonds. The molecule has 0 aliphatic carbocycles. The third-order valence-electron chi connectivity index (χ3n) is 4.07. The summed E-state index contributed by atoms with van der Waals surface area (Å²) in [5, 5.41) is 0. The fourth-order valence-corrected chi connectivity index (χ4v) is 2.19. The number of nitrogen functional groups attached to an aromatic ring is 1. The van der Waals surface area contributed by atoms with E-state index in [0.29, 0.717) is 25.1 Å². The first-order valence-electron chi connectivity index (χ1n) is 7.36. The molecule has 7 heteroatoms. The van der Waals surface area contributed by atoms with Crippen LogP contribution in [0, 0.1) is 5.41 Å². The van der Waals surface area contributed by atoms with Crippen LogP contribution in [0.1, 0.15) is 27.7 Å². The third kappa shape index (κ3) is 3.72. The average Bonchev–Trinajstić information content (AvgIpc) is 2.45. The monoisotopic (exact) mass is 294 g/mol. The van der Waals surface area contributed by atoms with Crippen LogP contribution in [0.3, 0.4) is 0 Å². The molecule has 0 bridgehead atoms. The number of rotatable bonds is 3. The molecular weight excluding hydrogens is 268 g/mol. The lowest BCUT2D eigenvalue weighted by Crippen LogP contribution is -2.41. The number of ether oxygens (including phenoxy) is 1. The van der Waals surface area contributed by atoms with E-state index in [9.17, 15) is 0 Å². The Morgan fingerprint density at radius 3 is 2.38 bits per heavy atom. The maximum absolute atomic E-state index is 5.87. The van der Waals surface area contributed by atoms with Crippen LogP contribution in [-0.4, -0.2) is 54.3 Å². The summed E-state index contributed by atoms with van der Waals surface area (Å²) in [6.07, 6.45) is 0. The van der Waals surface area contributed by atoms with E-state index >= 15 is 0 Å². The zero-order valence-electron chi connectivity index (χ0n) is 13.6. The first-order chi connectivity index (χ1) is 9.79. The number of hydrogen-bond donors (Lipinski definition) is 1. The summed E-state index contributed by atoms with van der Waals surface area (Å²) in [6.45, 7) is 11.7. The second-order valence-corrected chi connectivity index (χ2v) is 6.55. The molecular formula is C14H26N6O. The van der Waals surface area contributed by atoms with Gasteiger partial charge in [0.25, 0.3) is 0 Å². The Kier molecular flexibility index (Phi) is 4.51. The molecule has 1 aliphatic heterocycles. The van der Waals surface area contributed by atoms with Gasteiger partial charge in [0.05, 0.1) is 13.2 Å². The predicted octanol–water partition coefficient (Wildman–Crippen LogP) is 1.16. The van der Waals surface area contributed by atoms with Gasteiger partial charge in [-0.1, -0.05) is 20.8 Å². The Hall–Kier alpha value is -1.63. The maximum atomic E-state index is 5.87. The number of hydrogen-bond acceptors (Lipinski definition) is 7. The van der Waals surface area contributed by atoms with Crippen LogP contribution >= 0.6 is 0 Å². The normalized spacial score (nSPS) is 17.7. The van der Waals surface area contributed by atoms with Crippen molar-refractivity contribution in [3.8, 4) is 0 Å². The van der Waals surface area contributed by atoms with Gasteiger partial charge in [0, 0.05) is 26.2 Å². The number of nitrogens with two attached hydrogens (primary N) is 1. The van der Waals surface area contributed by atoms with E-state index in [0.717, 1.165) is 13.1 Å². The van der Waals surface area contributed by atoms with Gasteiger partial charge >= 0.3 is 0 Å². The van der Waals surface area contributed by atoms with Crippen molar-refractivity contribution in [3.63, 3.8) is 0 Å². The molecule has 0 aromatic carbocycles. The summed E-state index contributed by atoms with van der Waals surface area (Å²) in [4.78, 5) is 17.3. The zero-order chi connectivity index (χ0) is 15.6. The Balaban J connectivity index is 2.25. The van der Waals surface area contributed by atoms with Gasteiger partial charge in [-0.05, 0) is 12.3 Å². The SMILES string of the molecule is CC(N(C)c1nc(N)nc(N2CCOCC2)n1)C(C)(C)C. The molecule has 1 saturated heterocycles. The standard InChI is InChI=1S/C14H26N6O/c1-10(14(2,3)4)19(5)12-16-11(15)17-13(18-12)20-6-8-21-9-7-20/h10H,6-9H2,1-5H3,(H2,15,16,17,18). The second kappa shape index (κ2) is 6.01. The van der Waals surface area contributed by atoms with Gasteiger partial charge < -0.3 is 20.3 Å². The number of nitrogens with zero attached hydrogens (tertiary/aromatic N) is 5. The quantitative estimate of drug-likeness (QED) is 0.896. The van der Waals surface area contributed by atoms with Gasteiger partial charge in [0.15, 0.2) is 0 Å². The van der Waals surface area contributed by atoms with Crippen molar-refractivity contribution in [3.05, 3.63) is 0 Å². The molecule has 1 fully saturated rings. The number of aromatic nitrogens is 3. The van der Waals surface area contributed by atoms with Crippen LogP contribution in [0.4, 0.5) is 17.8 Å². The molecule has 1 aromatic rings. The van der Waals surface area contributed by atoms with Gasteiger partial charge in [0.2, 0.25) is 17.8 Å². The van der Waals surface area contributed by atoms with E-state index in [1.165, 1.54) is 0 Å². The Morgan fingerprint density at radius 1 is 1.19 bits per heavy atom. The van der Waals surface area contributed by atoms with Crippen LogP contribution in [-0.2, 0) is 4.74 Å². The fourth-order valence-electron chi connectivity index (χ4n) is 2.19. The fraction of sp³-hybridized carbons (Fsp3) is 0.786. The second-order valence-electron chi connectivity index (χ2n) is 6.55. The van der Waals surface area contributed by atoms with E-state index in [-0.39, 0.29) is 17.4 Å². The van der Waals surface area contributed by atoms with Crippen molar-refractivity contribution in [2.24, 2.45) is 5.41 Å². The number of morpholine rings is 1. The van der Waals surface area contributed by atoms with Crippen LogP contribution < -0.4 is 15.5 Å². The molecule has 1 aromatic heterocycles. The molecule has 0 saturated carbocycles. The lowest BCUT2D eigenvalue weighted by atomic mass is 9.87. The highest BCUT2D eigenvalue weighted by atomic mass is 16.5. The van der Waals surface area contributed by atoms with Gasteiger partial charge in [-0.15, -0.1) is 0 Å². The van der Waals surface area contributed by atoms with E-state index in [1.54, 1.807) is 0 Å². The average molecular weight is 294 g/mol. The molecule has 118 valence electrons. The minimum Gasteiger partial charge on any atom is -0.378 e. The summed E-state index contributed by atoms with van der Waals surface area (Å²) >= 11 is 0. The summed E-state index contributed by atoms with van der Waals surface area (Å²) in [6, 6.07) is 0.275. The van der Waals surface area contributed by atoms with Crippen molar-refractivity contribution in [2.45, 2.75) is 33.7 Å². The molecule has 2 rings (SSSR count). The van der Waals surface area contributed by atoms with E-state index in [2.05, 4.69) is 52.4 Å². The molecule has 21 heavy (non-hydrogen) atoms. The summed E-state index contributed by atoms with van der Waals surface area (Å²) in [5.74, 6) is 1.51. The topological polar surface area (TPSA) is 80.4 Å². The molecule has 2 heterocycles. The molecule has 1 aliphatic rings. The highest BCUT2D eigenvalue weighted by molar-refractivity contribution is 5.44. The predicted molar refractivity (Wildman–Crippen MR) is 84.6 cm³/mol. The molecule has 7 nitrogen and oxygen atoms in total. The summed E-state index contributed by atoms with van der Waals surface area (Å²) < 4.78 is 5.36. The zero-order valence-corrected chi connectivity index (χ0v) is 13.6. The number of anilines is 3. The smallest absolute Gasteiger partial charge is 0.232 e. The minimum atomic E-state index is 0.120. The van der Waals surface area contributed by atoms with Crippen molar-refractivity contribution < 1.29 is 4.74 Å². The Labute approximate surface area is 126 Å². The van der Waals surface area contributed by atoms with E-state index in [1.807, 2.05) is 7.05 Å². The molecule has 1 unspecified atom stereocenters. The van der Waals surface area contributed by atoms with E-state index in [4.69, 9.17) is 10.5 Å². The van der Waals surface area contributed by atoms with Crippen LogP contribution in [0.15, 0.2) is 0 Å². The lowest BCUT2D eigenvalue weighted by Gasteiger charge is -2.35. The van der Waals surface area contributed by atoms with Gasteiger partial charge in [-0.3, -0.25) is 0 Å². The highest BCUT2D eigenvalue weighted by Crippen LogP contribution is 2.26. The van der Waals surface area contributed by atoms with Crippen molar-refractivity contribution >= 4 is 17.8 Å². The Bertz CT molecular complexity index is 481. The minimum absolute atomic E-state index is 0.120. The van der Waals surface area contributed by atoms with Crippen molar-refractivity contribution in [1.29, 1.82) is 0 Å². The lowest BCUT2D eigenvalue weighted by molar-refractivity contribution is 0.122. The summed E-state index contributed by atoms with van der Waals surface area (Å²) in [7, 11) is 1.99. The molecule has 2 N–H and O–H groups in total. The first-order valence-corrected chi connectivity index (χ1v) is 7.36. The van der Waals surface area contributed by atoms with Crippen LogP contribution in [0.5, 0.6) is 0 Å². The van der Waals surface area contributed by atoms with Gasteiger partial charge in [0.1, 0.15) is 0 Å². The molecule has 0 spiro atoms. The Morgan fingerprint density at radius 2 is 1.81 bits per heavy atom. The molecule has 1 atom stereocenters. The maximum Gasteiger partial charge on any atom is 0.232 e. The van der Waals surface area contributed by atoms with Crippen molar-refractivity contribution in [2.75, 3.05) is 48.9 Å². The third-order valence-corrected chi connectivity index (χ3v) is 4.07. The van der Waals surface area contributed by atoms with Crippen LogP contribution in [0.25, 0.3) is 0 Å². The summed E-state index contributed by atoms with van der Waals surface area (Å²) in [5.41, 5.74) is 5.99. The first kappa shape index (κ1) is 15.8. The largest absolute Gasteiger partial charge is 0.378 e. The van der Waals surface area contributed by atoms with Gasteiger partial charge in [-0.2, -0.15) is 15.0 Å². The van der Waals surface area contributed by atoms with E-state index < -0.39 is 0 Å². The molecule has 0 radical (unpaired) electrons. The van der Waals surface area contributed by atoms with Gasteiger partial charge in [-0.25, -0.2) is 0 Å².